The summed E-state index contributed by atoms with van der Waals surface area (Å²) in [5.41, 5.74) is 0.607. The fourth-order valence-corrected chi connectivity index (χ4v) is 2.83. The highest BCUT2D eigenvalue weighted by Gasteiger charge is 2.09. The van der Waals surface area contributed by atoms with E-state index in [9.17, 15) is 4.79 Å². The number of carbonyl (C=O) groups excluding carboxylic acids is 1. The molecule has 1 amide bonds. The van der Waals surface area contributed by atoms with Crippen LogP contribution in [0.2, 0.25) is 14.5 Å². The van der Waals surface area contributed by atoms with Gasteiger partial charge >= 0.3 is 0 Å². The van der Waals surface area contributed by atoms with Crippen molar-refractivity contribution in [2.45, 2.75) is 13.5 Å². The van der Waals surface area contributed by atoms with Crippen molar-refractivity contribution in [1.82, 2.24) is 4.98 Å². The van der Waals surface area contributed by atoms with E-state index in [1.807, 2.05) is 0 Å². The molecule has 1 aromatic heterocycles. The number of nitrogens with one attached hydrogen (secondary N) is 1. The summed E-state index contributed by atoms with van der Waals surface area (Å²) in [6.07, 6.45) is 0. The Bertz CT molecular complexity index is 626. The smallest absolute Gasteiger partial charge is 0.221 e. The molecule has 0 aliphatic rings. The summed E-state index contributed by atoms with van der Waals surface area (Å²) in [6, 6.07) is 4.98. The van der Waals surface area contributed by atoms with Gasteiger partial charge in [-0.25, -0.2) is 4.98 Å². The zero-order valence-corrected chi connectivity index (χ0v) is 13.3. The Kier molecular flexibility index (Phi) is 5.10. The molecule has 0 fully saturated rings. The molecule has 2 rings (SSSR count). The molecule has 1 aromatic carbocycles. The van der Waals surface area contributed by atoms with Gasteiger partial charge < -0.3 is 10.1 Å². The lowest BCUT2D eigenvalue weighted by Gasteiger charge is -2.08. The number of benzene rings is 1. The van der Waals surface area contributed by atoms with Crippen molar-refractivity contribution in [3.05, 3.63) is 37.7 Å². The zero-order valence-electron chi connectivity index (χ0n) is 10.2. The van der Waals surface area contributed by atoms with E-state index in [4.69, 9.17) is 39.5 Å². The van der Waals surface area contributed by atoms with E-state index in [-0.39, 0.29) is 17.7 Å². The van der Waals surface area contributed by atoms with Crippen LogP contribution in [-0.4, -0.2) is 10.9 Å². The number of hydrogen-bond acceptors (Lipinski definition) is 4. The molecule has 0 unspecified atom stereocenters. The van der Waals surface area contributed by atoms with Crippen molar-refractivity contribution in [3.8, 4) is 5.75 Å². The Morgan fingerprint density at radius 3 is 2.70 bits per heavy atom. The van der Waals surface area contributed by atoms with Crippen LogP contribution in [0.5, 0.6) is 5.75 Å². The van der Waals surface area contributed by atoms with Gasteiger partial charge in [0.25, 0.3) is 0 Å². The summed E-state index contributed by atoms with van der Waals surface area (Å²) in [5.74, 6) is 0.324. The molecule has 0 bridgehead atoms. The number of hydrogen-bond donors (Lipinski definition) is 1. The predicted molar refractivity (Wildman–Crippen MR) is 82.2 cm³/mol. The van der Waals surface area contributed by atoms with Crippen LogP contribution in [0.3, 0.4) is 0 Å². The van der Waals surface area contributed by atoms with Crippen LogP contribution >= 0.6 is 46.1 Å². The summed E-state index contributed by atoms with van der Waals surface area (Å²) >= 11 is 18.9. The maximum Gasteiger partial charge on any atom is 0.221 e. The second kappa shape index (κ2) is 6.63. The molecule has 0 aliphatic heterocycles. The average molecular weight is 352 g/mol. The summed E-state index contributed by atoms with van der Waals surface area (Å²) in [6.45, 7) is 1.64. The van der Waals surface area contributed by atoms with Gasteiger partial charge in [-0.3, -0.25) is 4.79 Å². The molecule has 0 saturated carbocycles. The SMILES string of the molecule is CC(=O)Nc1ccc(OCc2nc(Cl)c(Cl)s2)c(Cl)c1. The normalized spacial score (nSPS) is 10.4. The van der Waals surface area contributed by atoms with E-state index in [1.165, 1.54) is 18.3 Å². The first-order chi connectivity index (χ1) is 9.45. The number of thiazole rings is 1. The summed E-state index contributed by atoms with van der Waals surface area (Å²) in [5, 5.41) is 3.95. The number of amides is 1. The van der Waals surface area contributed by atoms with Crippen LogP contribution in [-0.2, 0) is 11.4 Å². The molecule has 2 aromatic rings. The Morgan fingerprint density at radius 1 is 1.40 bits per heavy atom. The lowest BCUT2D eigenvalue weighted by molar-refractivity contribution is -0.114. The summed E-state index contributed by atoms with van der Waals surface area (Å²) in [7, 11) is 0. The number of nitrogens with zero attached hydrogens (tertiary/aromatic N) is 1. The third-order valence-corrected chi connectivity index (χ3v) is 4.20. The average Bonchev–Trinajstić information content (AvgIpc) is 2.67. The largest absolute Gasteiger partial charge is 0.485 e. The molecule has 0 radical (unpaired) electrons. The topological polar surface area (TPSA) is 51.2 Å². The Balaban J connectivity index is 2.04. The third-order valence-electron chi connectivity index (χ3n) is 2.20. The quantitative estimate of drug-likeness (QED) is 0.873. The lowest BCUT2D eigenvalue weighted by atomic mass is 10.3. The molecular formula is C12H9Cl3N2O2S. The predicted octanol–water partition coefficient (Wildman–Crippen LogP) is 4.64. The number of anilines is 1. The Morgan fingerprint density at radius 2 is 2.15 bits per heavy atom. The highest BCUT2D eigenvalue weighted by molar-refractivity contribution is 7.16. The molecule has 8 heteroatoms. The van der Waals surface area contributed by atoms with Crippen LogP contribution in [0, 0.1) is 0 Å². The highest BCUT2D eigenvalue weighted by Crippen LogP contribution is 2.31. The van der Waals surface area contributed by atoms with E-state index < -0.39 is 0 Å². The standard InChI is InChI=1S/C12H9Cl3N2O2S/c1-6(18)16-7-2-3-9(8(13)4-7)19-5-10-17-11(14)12(15)20-10/h2-4H,5H2,1H3,(H,16,18). The molecule has 106 valence electrons. The second-order valence-corrected chi connectivity index (χ2v) is 6.24. The van der Waals surface area contributed by atoms with Gasteiger partial charge in [-0.15, -0.1) is 11.3 Å². The maximum absolute atomic E-state index is 10.9. The number of carbonyl (C=O) groups is 1. The number of halogens is 3. The number of rotatable bonds is 4. The first kappa shape index (κ1) is 15.4. The van der Waals surface area contributed by atoms with Crippen LogP contribution < -0.4 is 10.1 Å². The van der Waals surface area contributed by atoms with Crippen molar-refractivity contribution in [2.75, 3.05) is 5.32 Å². The van der Waals surface area contributed by atoms with Gasteiger partial charge in [-0.1, -0.05) is 34.8 Å². The van der Waals surface area contributed by atoms with Crippen molar-refractivity contribution in [1.29, 1.82) is 0 Å². The first-order valence-corrected chi connectivity index (χ1v) is 7.41. The van der Waals surface area contributed by atoms with E-state index >= 15 is 0 Å². The summed E-state index contributed by atoms with van der Waals surface area (Å²) < 4.78 is 5.97. The van der Waals surface area contributed by atoms with Gasteiger partial charge in [-0.05, 0) is 18.2 Å². The monoisotopic (exact) mass is 350 g/mol. The number of aromatic nitrogens is 1. The Labute approximate surface area is 134 Å². The van der Waals surface area contributed by atoms with Crippen molar-refractivity contribution in [2.24, 2.45) is 0 Å². The van der Waals surface area contributed by atoms with Gasteiger partial charge in [0.05, 0.1) is 5.02 Å². The molecule has 4 nitrogen and oxygen atoms in total. The maximum atomic E-state index is 10.9. The van der Waals surface area contributed by atoms with Gasteiger partial charge in [0.15, 0.2) is 5.15 Å². The van der Waals surface area contributed by atoms with Gasteiger partial charge in [0.2, 0.25) is 5.91 Å². The lowest BCUT2D eigenvalue weighted by Crippen LogP contribution is -2.05. The highest BCUT2D eigenvalue weighted by atomic mass is 35.5. The van der Waals surface area contributed by atoms with E-state index in [2.05, 4.69) is 10.3 Å². The first-order valence-electron chi connectivity index (χ1n) is 5.46. The van der Waals surface area contributed by atoms with Crippen molar-refractivity contribution < 1.29 is 9.53 Å². The van der Waals surface area contributed by atoms with E-state index in [0.29, 0.717) is 25.8 Å². The minimum absolute atomic E-state index is 0.165. The van der Waals surface area contributed by atoms with Crippen LogP contribution in [0.15, 0.2) is 18.2 Å². The van der Waals surface area contributed by atoms with E-state index in [1.54, 1.807) is 18.2 Å². The molecule has 1 heterocycles. The molecule has 20 heavy (non-hydrogen) atoms. The molecular weight excluding hydrogens is 343 g/mol. The van der Waals surface area contributed by atoms with Crippen LogP contribution in [0.4, 0.5) is 5.69 Å². The van der Waals surface area contributed by atoms with Crippen LogP contribution in [0.25, 0.3) is 0 Å². The summed E-state index contributed by atoms with van der Waals surface area (Å²) in [4.78, 5) is 15.0. The minimum Gasteiger partial charge on any atom is -0.485 e. The number of ether oxygens (including phenoxy) is 1. The molecule has 0 saturated heterocycles. The molecule has 0 atom stereocenters. The molecule has 1 N–H and O–H groups in total. The van der Waals surface area contributed by atoms with Gasteiger partial charge in [-0.2, -0.15) is 0 Å². The van der Waals surface area contributed by atoms with Gasteiger partial charge in [0.1, 0.15) is 21.7 Å². The molecule has 0 spiro atoms. The van der Waals surface area contributed by atoms with E-state index in [0.717, 1.165) is 0 Å². The molecule has 0 aliphatic carbocycles. The van der Waals surface area contributed by atoms with Crippen LogP contribution in [0.1, 0.15) is 11.9 Å². The fraction of sp³-hybridized carbons (Fsp3) is 0.167. The zero-order chi connectivity index (χ0) is 14.7. The minimum atomic E-state index is -0.165. The van der Waals surface area contributed by atoms with Crippen molar-refractivity contribution >= 4 is 57.7 Å². The van der Waals surface area contributed by atoms with Crippen molar-refractivity contribution in [3.63, 3.8) is 0 Å². The Hall–Kier alpha value is -1.01. The fourth-order valence-electron chi connectivity index (χ4n) is 1.42. The second-order valence-electron chi connectivity index (χ2n) is 3.79. The third kappa shape index (κ3) is 3.99. The van der Waals surface area contributed by atoms with Gasteiger partial charge in [0, 0.05) is 12.6 Å².